The molecule has 6 nitrogen and oxygen atoms in total. The number of ether oxygens (including phenoxy) is 1. The molecule has 0 saturated heterocycles. The molecule has 0 atom stereocenters. The van der Waals surface area contributed by atoms with Crippen molar-refractivity contribution in [3.63, 3.8) is 0 Å². The fourth-order valence-electron chi connectivity index (χ4n) is 1.96. The van der Waals surface area contributed by atoms with Gasteiger partial charge < -0.3 is 20.7 Å². The minimum atomic E-state index is -4.44. The van der Waals surface area contributed by atoms with E-state index in [0.717, 1.165) is 24.3 Å². The van der Waals surface area contributed by atoms with E-state index >= 15 is 0 Å². The van der Waals surface area contributed by atoms with Gasteiger partial charge >= 0.3 is 12.2 Å². The van der Waals surface area contributed by atoms with Crippen LogP contribution in [0.2, 0.25) is 0 Å². The van der Waals surface area contributed by atoms with Crippen LogP contribution in [0, 0.1) is 0 Å². The third-order valence-corrected chi connectivity index (χ3v) is 3.25. The molecule has 0 unspecified atom stereocenters. The molecule has 138 valence electrons. The van der Waals surface area contributed by atoms with Crippen molar-refractivity contribution < 1.29 is 27.5 Å². The van der Waals surface area contributed by atoms with Gasteiger partial charge in [-0.2, -0.15) is 13.2 Å². The van der Waals surface area contributed by atoms with Crippen LogP contribution in [0.3, 0.4) is 0 Å². The van der Waals surface area contributed by atoms with Crippen LogP contribution in [-0.4, -0.2) is 25.6 Å². The summed E-state index contributed by atoms with van der Waals surface area (Å²) in [5.41, 5.74) is -0.112. The number of hydrogen-bond acceptors (Lipinski definition) is 3. The fraction of sp³-hybridized carbons (Fsp3) is 0.176. The lowest BCUT2D eigenvalue weighted by atomic mass is 10.2. The first-order valence-corrected chi connectivity index (χ1v) is 7.44. The van der Waals surface area contributed by atoms with Crippen molar-refractivity contribution in [2.75, 3.05) is 24.3 Å². The van der Waals surface area contributed by atoms with E-state index in [1.807, 2.05) is 0 Å². The predicted octanol–water partition coefficient (Wildman–Crippen LogP) is 3.47. The van der Waals surface area contributed by atoms with Crippen molar-refractivity contribution in [1.82, 2.24) is 5.32 Å². The highest BCUT2D eigenvalue weighted by molar-refractivity contribution is 5.96. The molecule has 9 heteroatoms. The van der Waals surface area contributed by atoms with Gasteiger partial charge in [0.25, 0.3) is 0 Å². The van der Waals surface area contributed by atoms with Gasteiger partial charge in [0.2, 0.25) is 5.91 Å². The van der Waals surface area contributed by atoms with Crippen molar-refractivity contribution in [3.8, 4) is 5.75 Å². The summed E-state index contributed by atoms with van der Waals surface area (Å²) in [4.78, 5) is 23.5. The van der Waals surface area contributed by atoms with E-state index < -0.39 is 23.7 Å². The lowest BCUT2D eigenvalue weighted by molar-refractivity contribution is -0.137. The highest BCUT2D eigenvalue weighted by Gasteiger charge is 2.29. The number of alkyl halides is 3. The Morgan fingerprint density at radius 2 is 1.46 bits per heavy atom. The summed E-state index contributed by atoms with van der Waals surface area (Å²) in [5.74, 6) is 0.0570. The molecule has 2 rings (SSSR count). The summed E-state index contributed by atoms with van der Waals surface area (Å²) in [5, 5.41) is 7.26. The molecule has 0 spiro atoms. The number of methoxy groups -OCH3 is 1. The van der Waals surface area contributed by atoms with Crippen molar-refractivity contribution in [2.24, 2.45) is 0 Å². The van der Waals surface area contributed by atoms with E-state index in [1.165, 1.54) is 7.11 Å². The highest BCUT2D eigenvalue weighted by atomic mass is 19.4. The lowest BCUT2D eigenvalue weighted by Gasteiger charge is -2.10. The van der Waals surface area contributed by atoms with Gasteiger partial charge in [0.05, 0.1) is 19.2 Å². The first kappa shape index (κ1) is 19.1. The summed E-state index contributed by atoms with van der Waals surface area (Å²) < 4.78 is 42.4. The number of carbonyl (C=O) groups is 2. The smallest absolute Gasteiger partial charge is 0.416 e. The second-order valence-electron chi connectivity index (χ2n) is 5.16. The Labute approximate surface area is 147 Å². The average molecular weight is 367 g/mol. The second-order valence-corrected chi connectivity index (χ2v) is 5.16. The summed E-state index contributed by atoms with van der Waals surface area (Å²) in [7, 11) is 1.52. The molecule has 3 amide bonds. The van der Waals surface area contributed by atoms with Gasteiger partial charge in [0.1, 0.15) is 5.75 Å². The summed E-state index contributed by atoms with van der Waals surface area (Å²) >= 11 is 0. The standard InChI is InChI=1S/C17H16F3N3O3/c1-26-14-8-6-13(7-9-14)23-16(25)21-10-15(24)22-12-4-2-11(3-5-12)17(18,19)20/h2-9H,10H2,1H3,(H,22,24)(H2,21,23,25). The summed E-state index contributed by atoms with van der Waals surface area (Å²) in [6.45, 7) is -0.344. The van der Waals surface area contributed by atoms with Crippen LogP contribution in [0.5, 0.6) is 5.75 Å². The Hall–Kier alpha value is -3.23. The van der Waals surface area contributed by atoms with Crippen LogP contribution < -0.4 is 20.7 Å². The highest BCUT2D eigenvalue weighted by Crippen LogP contribution is 2.29. The molecular formula is C17H16F3N3O3. The Balaban J connectivity index is 1.79. The Kier molecular flexibility index (Phi) is 6.05. The number of anilines is 2. The third kappa shape index (κ3) is 5.69. The Morgan fingerprint density at radius 3 is 2.00 bits per heavy atom. The molecule has 2 aromatic rings. The maximum Gasteiger partial charge on any atom is 0.416 e. The van der Waals surface area contributed by atoms with E-state index in [4.69, 9.17) is 4.74 Å². The molecule has 0 radical (unpaired) electrons. The van der Waals surface area contributed by atoms with Crippen molar-refractivity contribution in [2.45, 2.75) is 6.18 Å². The van der Waals surface area contributed by atoms with Crippen LogP contribution >= 0.6 is 0 Å². The van der Waals surface area contributed by atoms with Crippen LogP contribution in [-0.2, 0) is 11.0 Å². The van der Waals surface area contributed by atoms with Gasteiger partial charge in [-0.1, -0.05) is 0 Å². The zero-order valence-electron chi connectivity index (χ0n) is 13.7. The number of amides is 3. The monoisotopic (exact) mass is 367 g/mol. The van der Waals surface area contributed by atoms with Gasteiger partial charge in [0.15, 0.2) is 0 Å². The quantitative estimate of drug-likeness (QED) is 0.757. The molecule has 2 aromatic carbocycles. The van der Waals surface area contributed by atoms with Crippen LogP contribution in [0.15, 0.2) is 48.5 Å². The molecule has 0 aliphatic heterocycles. The SMILES string of the molecule is COc1ccc(NC(=O)NCC(=O)Nc2ccc(C(F)(F)F)cc2)cc1. The zero-order chi connectivity index (χ0) is 19.2. The molecule has 0 fully saturated rings. The third-order valence-electron chi connectivity index (χ3n) is 3.25. The van der Waals surface area contributed by atoms with Crippen molar-refractivity contribution >= 4 is 23.3 Å². The van der Waals surface area contributed by atoms with Crippen molar-refractivity contribution in [3.05, 3.63) is 54.1 Å². The number of carbonyl (C=O) groups excluding carboxylic acids is 2. The van der Waals surface area contributed by atoms with Crippen LogP contribution in [0.25, 0.3) is 0 Å². The number of hydrogen-bond donors (Lipinski definition) is 3. The summed E-state index contributed by atoms with van der Waals surface area (Å²) in [6, 6.07) is 9.97. The number of benzene rings is 2. The second kappa shape index (κ2) is 8.24. The van der Waals surface area contributed by atoms with Gasteiger partial charge in [0, 0.05) is 11.4 Å². The normalized spacial score (nSPS) is 10.8. The topological polar surface area (TPSA) is 79.5 Å². The fourth-order valence-corrected chi connectivity index (χ4v) is 1.96. The first-order valence-electron chi connectivity index (χ1n) is 7.44. The van der Waals surface area contributed by atoms with E-state index in [2.05, 4.69) is 16.0 Å². The molecular weight excluding hydrogens is 351 g/mol. The average Bonchev–Trinajstić information content (AvgIpc) is 2.60. The van der Waals surface area contributed by atoms with E-state index in [0.29, 0.717) is 11.4 Å². The number of halogens is 3. The van der Waals surface area contributed by atoms with Gasteiger partial charge in [-0.05, 0) is 48.5 Å². The molecule has 0 aliphatic carbocycles. The molecule has 26 heavy (non-hydrogen) atoms. The Bertz CT molecular complexity index is 760. The Morgan fingerprint density at radius 1 is 0.923 bits per heavy atom. The molecule has 0 bridgehead atoms. The maximum atomic E-state index is 12.5. The molecule has 0 aromatic heterocycles. The minimum absolute atomic E-state index is 0.195. The van der Waals surface area contributed by atoms with Crippen LogP contribution in [0.1, 0.15) is 5.56 Å². The van der Waals surface area contributed by atoms with E-state index in [1.54, 1.807) is 24.3 Å². The summed E-state index contributed by atoms with van der Waals surface area (Å²) in [6.07, 6.45) is -4.44. The van der Waals surface area contributed by atoms with E-state index in [9.17, 15) is 22.8 Å². The van der Waals surface area contributed by atoms with Gasteiger partial charge in [-0.25, -0.2) is 4.79 Å². The first-order chi connectivity index (χ1) is 12.3. The zero-order valence-corrected chi connectivity index (χ0v) is 13.7. The number of nitrogens with one attached hydrogen (secondary N) is 3. The van der Waals surface area contributed by atoms with E-state index in [-0.39, 0.29) is 12.2 Å². The maximum absolute atomic E-state index is 12.5. The van der Waals surface area contributed by atoms with Gasteiger partial charge in [-0.3, -0.25) is 4.79 Å². The largest absolute Gasteiger partial charge is 0.497 e. The predicted molar refractivity (Wildman–Crippen MR) is 90.1 cm³/mol. The minimum Gasteiger partial charge on any atom is -0.497 e. The van der Waals surface area contributed by atoms with Gasteiger partial charge in [-0.15, -0.1) is 0 Å². The lowest BCUT2D eigenvalue weighted by Crippen LogP contribution is -2.35. The molecule has 0 heterocycles. The molecule has 0 aliphatic rings. The number of rotatable bonds is 5. The van der Waals surface area contributed by atoms with Crippen LogP contribution in [0.4, 0.5) is 29.3 Å². The van der Waals surface area contributed by atoms with Crippen molar-refractivity contribution in [1.29, 1.82) is 0 Å². The molecule has 3 N–H and O–H groups in total. The number of urea groups is 1. The molecule has 0 saturated carbocycles.